The van der Waals surface area contributed by atoms with Gasteiger partial charge in [0, 0.05) is 44.1 Å². The number of thiocarbonyl (C=S) groups is 1. The Hall–Kier alpha value is -1.88. The Bertz CT molecular complexity index is 684. The third-order valence-corrected chi connectivity index (χ3v) is 4.99. The molecule has 1 aromatic heterocycles. The van der Waals surface area contributed by atoms with Crippen molar-refractivity contribution in [1.82, 2.24) is 25.1 Å². The summed E-state index contributed by atoms with van der Waals surface area (Å²) in [5, 5.41) is 6.96. The van der Waals surface area contributed by atoms with Gasteiger partial charge in [0.1, 0.15) is 0 Å². The molecular weight excluding hydrogens is 390 g/mol. The van der Waals surface area contributed by atoms with E-state index in [1.165, 1.54) is 0 Å². The highest BCUT2D eigenvalue weighted by Gasteiger charge is 2.17. The van der Waals surface area contributed by atoms with Crippen LogP contribution in [0, 0.1) is 13.8 Å². The smallest absolute Gasteiger partial charge is 0.229 e. The number of ether oxygens (including phenoxy) is 2. The van der Waals surface area contributed by atoms with Crippen molar-refractivity contribution in [2.24, 2.45) is 4.99 Å². The fraction of sp³-hybridized carbons (Fsp3) is 0.684. The minimum atomic E-state index is 0.463. The lowest BCUT2D eigenvalue weighted by atomic mass is 10.3. The van der Waals surface area contributed by atoms with Crippen molar-refractivity contribution in [1.29, 1.82) is 0 Å². The minimum absolute atomic E-state index is 0.463. The van der Waals surface area contributed by atoms with Gasteiger partial charge in [0.25, 0.3) is 0 Å². The first-order valence-electron chi connectivity index (χ1n) is 10.2. The van der Waals surface area contributed by atoms with Crippen molar-refractivity contribution in [3.05, 3.63) is 17.5 Å². The van der Waals surface area contributed by atoms with E-state index in [0.29, 0.717) is 30.2 Å². The number of aromatic nitrogens is 2. The number of morpholine rings is 2. The Balaban J connectivity index is 1.56. The van der Waals surface area contributed by atoms with Gasteiger partial charge in [0.2, 0.25) is 11.9 Å². The van der Waals surface area contributed by atoms with Gasteiger partial charge in [-0.25, -0.2) is 9.97 Å². The summed E-state index contributed by atoms with van der Waals surface area (Å²) in [6.07, 6.45) is 1.01. The van der Waals surface area contributed by atoms with E-state index in [4.69, 9.17) is 21.7 Å². The van der Waals surface area contributed by atoms with Gasteiger partial charge in [-0.15, -0.1) is 0 Å². The van der Waals surface area contributed by atoms with E-state index in [1.807, 2.05) is 19.9 Å². The second-order valence-electron chi connectivity index (χ2n) is 7.17. The molecule has 0 saturated carbocycles. The summed E-state index contributed by atoms with van der Waals surface area (Å²) in [4.78, 5) is 18.1. The van der Waals surface area contributed by atoms with Gasteiger partial charge >= 0.3 is 0 Å². The van der Waals surface area contributed by atoms with Crippen molar-refractivity contribution in [2.45, 2.75) is 20.3 Å². The van der Waals surface area contributed by atoms with Crippen LogP contribution in [0.3, 0.4) is 0 Å². The first kappa shape index (κ1) is 21.8. The number of aliphatic imine (C=N–C) groups is 1. The number of nitrogens with one attached hydrogen (secondary N) is 2. The molecule has 0 atom stereocenters. The first-order chi connectivity index (χ1) is 14.1. The number of hydrogen-bond acceptors (Lipinski definition) is 6. The molecule has 2 saturated heterocycles. The van der Waals surface area contributed by atoms with Gasteiger partial charge in [0.15, 0.2) is 5.11 Å². The summed E-state index contributed by atoms with van der Waals surface area (Å²) in [6, 6.07) is 1.94. The molecule has 9 nitrogen and oxygen atoms in total. The highest BCUT2D eigenvalue weighted by molar-refractivity contribution is 7.80. The van der Waals surface area contributed by atoms with Crippen LogP contribution in [0.4, 0.5) is 5.95 Å². The molecular formula is C19H31N7O2S. The zero-order valence-corrected chi connectivity index (χ0v) is 18.1. The molecule has 0 bridgehead atoms. The predicted octanol–water partition coefficient (Wildman–Crippen LogP) is 0.790. The van der Waals surface area contributed by atoms with Crippen LogP contribution in [0.5, 0.6) is 0 Å². The van der Waals surface area contributed by atoms with Crippen LogP contribution < -0.4 is 10.6 Å². The van der Waals surface area contributed by atoms with Crippen molar-refractivity contribution in [2.75, 3.05) is 71.0 Å². The highest BCUT2D eigenvalue weighted by Crippen LogP contribution is 2.07. The Morgan fingerprint density at radius 1 is 1.07 bits per heavy atom. The largest absolute Gasteiger partial charge is 0.379 e. The van der Waals surface area contributed by atoms with E-state index < -0.39 is 0 Å². The standard InChI is InChI=1S/C19H31N7O2S/c1-15-14-16(2)22-17(21-15)23-18(26-8-12-28-13-9-26)24-19(29)20-4-3-5-25-6-10-27-11-7-25/h14H,3-13H2,1-2H3,(H2,20,21,22,23,24,29). The number of hydrogen-bond donors (Lipinski definition) is 2. The van der Waals surface area contributed by atoms with Crippen LogP contribution >= 0.6 is 12.2 Å². The molecule has 10 heteroatoms. The van der Waals surface area contributed by atoms with Crippen molar-refractivity contribution in [3.8, 4) is 0 Å². The molecule has 0 amide bonds. The fourth-order valence-corrected chi connectivity index (χ4v) is 3.48. The molecule has 2 fully saturated rings. The summed E-state index contributed by atoms with van der Waals surface area (Å²) >= 11 is 5.47. The number of anilines is 1. The monoisotopic (exact) mass is 421 g/mol. The molecule has 1 aromatic rings. The summed E-state index contributed by atoms with van der Waals surface area (Å²) < 4.78 is 10.8. The van der Waals surface area contributed by atoms with Crippen LogP contribution in [0.15, 0.2) is 11.1 Å². The predicted molar refractivity (Wildman–Crippen MR) is 117 cm³/mol. The Morgan fingerprint density at radius 3 is 2.34 bits per heavy atom. The maximum absolute atomic E-state index is 5.47. The number of rotatable bonds is 5. The molecule has 2 aliphatic heterocycles. The summed E-state index contributed by atoms with van der Waals surface area (Å²) in [7, 11) is 0. The second kappa shape index (κ2) is 11.3. The molecule has 3 heterocycles. The normalized spacial score (nSPS) is 18.6. The zero-order valence-electron chi connectivity index (χ0n) is 17.3. The van der Waals surface area contributed by atoms with E-state index >= 15 is 0 Å². The van der Waals surface area contributed by atoms with Crippen LogP contribution in [-0.2, 0) is 9.47 Å². The lowest BCUT2D eigenvalue weighted by Gasteiger charge is -2.29. The zero-order chi connectivity index (χ0) is 20.5. The molecule has 0 unspecified atom stereocenters. The third kappa shape index (κ3) is 7.46. The average Bonchev–Trinajstić information content (AvgIpc) is 2.71. The summed E-state index contributed by atoms with van der Waals surface area (Å²) in [5.74, 6) is 1.19. The lowest BCUT2D eigenvalue weighted by molar-refractivity contribution is 0.0376. The van der Waals surface area contributed by atoms with Gasteiger partial charge in [-0.2, -0.15) is 4.99 Å². The molecule has 3 rings (SSSR count). The first-order valence-corrected chi connectivity index (χ1v) is 10.6. The number of aryl methyl sites for hydroxylation is 2. The van der Waals surface area contributed by atoms with Crippen LogP contribution in [0.1, 0.15) is 17.8 Å². The summed E-state index contributed by atoms with van der Waals surface area (Å²) in [6.45, 7) is 12.2. The van der Waals surface area contributed by atoms with E-state index in [0.717, 1.165) is 70.3 Å². The highest BCUT2D eigenvalue weighted by atomic mass is 32.1. The number of nitrogens with zero attached hydrogens (tertiary/aromatic N) is 5. The van der Waals surface area contributed by atoms with Gasteiger partial charge in [-0.05, 0) is 45.1 Å². The third-order valence-electron chi connectivity index (χ3n) is 4.76. The van der Waals surface area contributed by atoms with Crippen molar-refractivity contribution >= 4 is 29.2 Å². The quantitative estimate of drug-likeness (QED) is 0.310. The second-order valence-corrected chi connectivity index (χ2v) is 7.56. The van der Waals surface area contributed by atoms with Crippen LogP contribution in [0.2, 0.25) is 0 Å². The molecule has 29 heavy (non-hydrogen) atoms. The molecule has 0 radical (unpaired) electrons. The van der Waals surface area contributed by atoms with E-state index in [1.54, 1.807) is 0 Å². The topological polar surface area (TPSA) is 87.1 Å². The van der Waals surface area contributed by atoms with Crippen molar-refractivity contribution < 1.29 is 9.47 Å². The molecule has 0 aromatic carbocycles. The molecule has 2 aliphatic rings. The average molecular weight is 422 g/mol. The minimum Gasteiger partial charge on any atom is -0.379 e. The van der Waals surface area contributed by atoms with Crippen molar-refractivity contribution in [3.63, 3.8) is 0 Å². The van der Waals surface area contributed by atoms with E-state index in [9.17, 15) is 0 Å². The van der Waals surface area contributed by atoms with Gasteiger partial charge in [-0.1, -0.05) is 0 Å². The molecule has 0 aliphatic carbocycles. The maximum Gasteiger partial charge on any atom is 0.229 e. The van der Waals surface area contributed by atoms with Gasteiger partial charge in [-0.3, -0.25) is 10.2 Å². The fourth-order valence-electron chi connectivity index (χ4n) is 3.29. The van der Waals surface area contributed by atoms with Crippen LogP contribution in [-0.4, -0.2) is 96.5 Å². The number of guanidine groups is 1. The van der Waals surface area contributed by atoms with E-state index in [-0.39, 0.29) is 0 Å². The molecule has 2 N–H and O–H groups in total. The van der Waals surface area contributed by atoms with Gasteiger partial charge in [0.05, 0.1) is 26.4 Å². The molecule has 0 spiro atoms. The lowest BCUT2D eigenvalue weighted by Crippen LogP contribution is -2.45. The van der Waals surface area contributed by atoms with Gasteiger partial charge < -0.3 is 19.7 Å². The molecule has 160 valence electrons. The van der Waals surface area contributed by atoms with E-state index in [2.05, 4.69) is 35.4 Å². The van der Waals surface area contributed by atoms with Crippen LogP contribution in [0.25, 0.3) is 0 Å². The SMILES string of the molecule is Cc1cc(C)nc(N/C(=N/C(=S)NCCCN2CCOCC2)N2CCOCC2)n1. The maximum atomic E-state index is 5.47. The summed E-state index contributed by atoms with van der Waals surface area (Å²) in [5.41, 5.74) is 1.82. The Labute approximate surface area is 177 Å². The Kier molecular flexibility index (Phi) is 8.53. The Morgan fingerprint density at radius 2 is 1.69 bits per heavy atom.